The molecule has 2 aromatic carbocycles. The molecule has 2 aromatic rings. The van der Waals surface area contributed by atoms with Gasteiger partial charge in [-0.25, -0.2) is 8.42 Å². The number of nitrogens with zero attached hydrogens (tertiary/aromatic N) is 1. The van der Waals surface area contributed by atoms with Crippen molar-refractivity contribution in [3.05, 3.63) is 48.0 Å². The largest absolute Gasteiger partial charge is 0.490 e. The van der Waals surface area contributed by atoms with E-state index in [1.54, 1.807) is 42.3 Å². The van der Waals surface area contributed by atoms with Gasteiger partial charge in [-0.05, 0) is 49.2 Å². The maximum Gasteiger partial charge on any atom is 0.262 e. The second-order valence-corrected chi connectivity index (χ2v) is 9.34. The molecule has 8 nitrogen and oxygen atoms in total. The molecule has 0 aromatic heterocycles. The SMILES string of the molecule is CN(CC1CCCO1)C(=O)c1ccc(NS(=O)(=O)c2ccc3c(c2)OCCCO3)cc1. The summed E-state index contributed by atoms with van der Waals surface area (Å²) in [6.07, 6.45) is 2.79. The van der Waals surface area contributed by atoms with E-state index in [9.17, 15) is 13.2 Å². The summed E-state index contributed by atoms with van der Waals surface area (Å²) < 4.78 is 44.8. The molecule has 1 saturated heterocycles. The highest BCUT2D eigenvalue weighted by Gasteiger charge is 2.22. The first-order chi connectivity index (χ1) is 14.9. The lowest BCUT2D eigenvalue weighted by Gasteiger charge is -2.21. The van der Waals surface area contributed by atoms with E-state index in [0.717, 1.165) is 25.9 Å². The monoisotopic (exact) mass is 446 g/mol. The molecular weight excluding hydrogens is 420 g/mol. The third kappa shape index (κ3) is 5.11. The van der Waals surface area contributed by atoms with E-state index in [0.29, 0.717) is 42.5 Å². The Balaban J connectivity index is 1.43. The zero-order valence-electron chi connectivity index (χ0n) is 17.4. The summed E-state index contributed by atoms with van der Waals surface area (Å²) in [5.74, 6) is 0.815. The van der Waals surface area contributed by atoms with Gasteiger partial charge in [-0.1, -0.05) is 0 Å². The molecule has 4 rings (SSSR count). The highest BCUT2D eigenvalue weighted by atomic mass is 32.2. The van der Waals surface area contributed by atoms with Gasteiger partial charge in [0.15, 0.2) is 11.5 Å². The molecular formula is C22H26N2O6S. The van der Waals surface area contributed by atoms with Crippen molar-refractivity contribution in [3.8, 4) is 11.5 Å². The number of carbonyl (C=O) groups is 1. The van der Waals surface area contributed by atoms with Crippen molar-refractivity contribution in [2.24, 2.45) is 0 Å². The summed E-state index contributed by atoms with van der Waals surface area (Å²) in [6, 6.07) is 10.9. The van der Waals surface area contributed by atoms with E-state index < -0.39 is 10.0 Å². The molecule has 2 heterocycles. The molecule has 2 aliphatic heterocycles. The molecule has 2 aliphatic rings. The Hall–Kier alpha value is -2.78. The first kappa shape index (κ1) is 21.5. The van der Waals surface area contributed by atoms with Crippen LogP contribution in [-0.4, -0.2) is 58.7 Å². The predicted octanol–water partition coefficient (Wildman–Crippen LogP) is 2.90. The number of benzene rings is 2. The molecule has 1 unspecified atom stereocenters. The average Bonchev–Trinajstić information content (AvgIpc) is 3.15. The molecule has 1 fully saturated rings. The number of anilines is 1. The number of rotatable bonds is 6. The smallest absolute Gasteiger partial charge is 0.262 e. The highest BCUT2D eigenvalue weighted by Crippen LogP contribution is 2.32. The lowest BCUT2D eigenvalue weighted by molar-refractivity contribution is 0.0587. The Kier molecular flexibility index (Phi) is 6.33. The van der Waals surface area contributed by atoms with Crippen molar-refractivity contribution in [1.29, 1.82) is 0 Å². The summed E-state index contributed by atoms with van der Waals surface area (Å²) in [5, 5.41) is 0. The van der Waals surface area contributed by atoms with Crippen molar-refractivity contribution < 1.29 is 27.4 Å². The van der Waals surface area contributed by atoms with Crippen LogP contribution in [0.15, 0.2) is 47.4 Å². The van der Waals surface area contributed by atoms with Crippen LogP contribution in [0.1, 0.15) is 29.6 Å². The maximum atomic E-state index is 12.8. The molecule has 1 N–H and O–H groups in total. The van der Waals surface area contributed by atoms with Gasteiger partial charge in [-0.2, -0.15) is 0 Å². The van der Waals surface area contributed by atoms with Crippen molar-refractivity contribution >= 4 is 21.6 Å². The summed E-state index contributed by atoms with van der Waals surface area (Å²) in [4.78, 5) is 14.3. The standard InChI is InChI=1S/C22H26N2O6S/c1-24(15-18-4-2-11-28-18)22(25)16-5-7-17(8-6-16)23-31(26,27)19-9-10-20-21(14-19)30-13-3-12-29-20/h5-10,14,18,23H,2-4,11-13,15H2,1H3. The number of likely N-dealkylation sites (N-methyl/N-ethyl adjacent to an activating group) is 1. The van der Waals surface area contributed by atoms with Gasteiger partial charge in [0.05, 0.1) is 24.2 Å². The third-order valence-electron chi connectivity index (χ3n) is 5.26. The van der Waals surface area contributed by atoms with Gasteiger partial charge < -0.3 is 19.1 Å². The van der Waals surface area contributed by atoms with Gasteiger partial charge in [0.2, 0.25) is 0 Å². The van der Waals surface area contributed by atoms with Gasteiger partial charge >= 0.3 is 0 Å². The first-order valence-corrected chi connectivity index (χ1v) is 11.8. The van der Waals surface area contributed by atoms with E-state index in [1.807, 2.05) is 0 Å². The van der Waals surface area contributed by atoms with Crippen LogP contribution < -0.4 is 14.2 Å². The second-order valence-electron chi connectivity index (χ2n) is 7.66. The Morgan fingerprint density at radius 3 is 2.48 bits per heavy atom. The van der Waals surface area contributed by atoms with Gasteiger partial charge in [0.1, 0.15) is 0 Å². The minimum Gasteiger partial charge on any atom is -0.490 e. The van der Waals surface area contributed by atoms with E-state index in [4.69, 9.17) is 14.2 Å². The van der Waals surface area contributed by atoms with Crippen molar-refractivity contribution in [1.82, 2.24) is 4.90 Å². The molecule has 0 bridgehead atoms. The maximum absolute atomic E-state index is 12.8. The van der Waals surface area contributed by atoms with Crippen LogP contribution >= 0.6 is 0 Å². The Morgan fingerprint density at radius 1 is 1.03 bits per heavy atom. The van der Waals surface area contributed by atoms with Gasteiger partial charge in [-0.3, -0.25) is 9.52 Å². The fourth-order valence-corrected chi connectivity index (χ4v) is 4.68. The van der Waals surface area contributed by atoms with Gasteiger partial charge in [0.25, 0.3) is 15.9 Å². The molecule has 9 heteroatoms. The molecule has 0 saturated carbocycles. The minimum atomic E-state index is -3.82. The number of hydrogen-bond acceptors (Lipinski definition) is 6. The lowest BCUT2D eigenvalue weighted by atomic mass is 10.1. The fraction of sp³-hybridized carbons (Fsp3) is 0.409. The molecule has 0 spiro atoms. The average molecular weight is 447 g/mol. The number of amides is 1. The quantitative estimate of drug-likeness (QED) is 0.733. The topological polar surface area (TPSA) is 94.2 Å². The third-order valence-corrected chi connectivity index (χ3v) is 6.64. The van der Waals surface area contributed by atoms with Crippen LogP contribution in [0.2, 0.25) is 0 Å². The van der Waals surface area contributed by atoms with Crippen molar-refractivity contribution in [2.75, 3.05) is 38.1 Å². The molecule has 1 atom stereocenters. The number of sulfonamides is 1. The molecule has 1 amide bonds. The molecule has 31 heavy (non-hydrogen) atoms. The number of nitrogens with one attached hydrogen (secondary N) is 1. The molecule has 0 radical (unpaired) electrons. The van der Waals surface area contributed by atoms with E-state index in [1.165, 1.54) is 12.1 Å². The number of carbonyl (C=O) groups excluding carboxylic acids is 1. The Morgan fingerprint density at radius 2 is 1.77 bits per heavy atom. The van der Waals surface area contributed by atoms with Crippen molar-refractivity contribution in [3.63, 3.8) is 0 Å². The Bertz CT molecular complexity index is 1030. The first-order valence-electron chi connectivity index (χ1n) is 10.3. The van der Waals surface area contributed by atoms with E-state index in [2.05, 4.69) is 4.72 Å². The van der Waals surface area contributed by atoms with Crippen LogP contribution in [0.5, 0.6) is 11.5 Å². The van der Waals surface area contributed by atoms with Crippen LogP contribution in [0.3, 0.4) is 0 Å². The summed E-state index contributed by atoms with van der Waals surface area (Å²) in [5.41, 5.74) is 0.851. The van der Waals surface area contributed by atoms with Gasteiger partial charge in [0, 0.05) is 43.9 Å². The fourth-order valence-electron chi connectivity index (χ4n) is 3.60. The lowest BCUT2D eigenvalue weighted by Crippen LogP contribution is -2.34. The number of fused-ring (bicyclic) bond motifs is 1. The highest BCUT2D eigenvalue weighted by molar-refractivity contribution is 7.92. The second kappa shape index (κ2) is 9.15. The van der Waals surface area contributed by atoms with Crippen LogP contribution in [-0.2, 0) is 14.8 Å². The minimum absolute atomic E-state index is 0.0770. The summed E-state index contributed by atoms with van der Waals surface area (Å²) >= 11 is 0. The zero-order chi connectivity index (χ0) is 21.8. The van der Waals surface area contributed by atoms with Crippen LogP contribution in [0.25, 0.3) is 0 Å². The van der Waals surface area contributed by atoms with Crippen molar-refractivity contribution in [2.45, 2.75) is 30.3 Å². The molecule has 0 aliphatic carbocycles. The number of hydrogen-bond donors (Lipinski definition) is 1. The van der Waals surface area contributed by atoms with Crippen LogP contribution in [0, 0.1) is 0 Å². The van der Waals surface area contributed by atoms with Crippen LogP contribution in [0.4, 0.5) is 5.69 Å². The van der Waals surface area contributed by atoms with Gasteiger partial charge in [-0.15, -0.1) is 0 Å². The molecule has 166 valence electrons. The number of ether oxygens (including phenoxy) is 3. The summed E-state index contributed by atoms with van der Waals surface area (Å²) in [6.45, 7) is 2.29. The summed E-state index contributed by atoms with van der Waals surface area (Å²) in [7, 11) is -2.08. The normalized spacial score (nSPS) is 18.3. The zero-order valence-corrected chi connectivity index (χ0v) is 18.2. The predicted molar refractivity (Wildman–Crippen MR) is 115 cm³/mol. The Labute approximate surface area is 182 Å². The van der Waals surface area contributed by atoms with E-state index >= 15 is 0 Å². The van der Waals surface area contributed by atoms with E-state index in [-0.39, 0.29) is 16.9 Å².